The lowest BCUT2D eigenvalue weighted by atomic mass is 9.65. The van der Waals surface area contributed by atoms with Crippen LogP contribution in [0.5, 0.6) is 0 Å². The van der Waals surface area contributed by atoms with E-state index >= 15 is 4.39 Å². The predicted molar refractivity (Wildman–Crippen MR) is 135 cm³/mol. The minimum absolute atomic E-state index is 0.0203. The highest BCUT2D eigenvalue weighted by Crippen LogP contribution is 2.47. The maximum atomic E-state index is 15.1. The van der Waals surface area contributed by atoms with Gasteiger partial charge in [0.1, 0.15) is 0 Å². The van der Waals surface area contributed by atoms with Crippen molar-refractivity contribution in [3.05, 3.63) is 81.9 Å². The Balaban J connectivity index is 1.47. The van der Waals surface area contributed by atoms with Gasteiger partial charge in [-0.05, 0) is 106 Å². The Labute approximate surface area is 211 Å². The quantitative estimate of drug-likeness (QED) is 0.221. The smallest absolute Gasteiger partial charge is 0.174 e. The molecule has 1 nitrogen and oxygen atoms in total. The maximum absolute atomic E-state index is 15.1. The van der Waals surface area contributed by atoms with E-state index in [-0.39, 0.29) is 22.6 Å². The first-order valence-electron chi connectivity index (χ1n) is 13.1. The molecule has 0 radical (unpaired) electrons. The summed E-state index contributed by atoms with van der Waals surface area (Å²) >= 11 is 0. The van der Waals surface area contributed by atoms with Crippen molar-refractivity contribution in [1.29, 1.82) is 0 Å². The van der Waals surface area contributed by atoms with E-state index in [1.807, 2.05) is 26.0 Å². The molecule has 2 saturated carbocycles. The highest BCUT2D eigenvalue weighted by Gasteiger charge is 2.37. The zero-order chi connectivity index (χ0) is 25.7. The molecule has 2 aliphatic rings. The third-order valence-electron chi connectivity index (χ3n) is 7.83. The summed E-state index contributed by atoms with van der Waals surface area (Å²) in [5.74, 6) is 2.17. The summed E-state index contributed by atoms with van der Waals surface area (Å²) < 4.78 is 64.7. The zero-order valence-corrected chi connectivity index (χ0v) is 21.1. The second-order valence-corrected chi connectivity index (χ2v) is 10.0. The van der Waals surface area contributed by atoms with Crippen molar-refractivity contribution in [3.63, 3.8) is 0 Å². The molecule has 2 aromatic carbocycles. The van der Waals surface area contributed by atoms with Crippen LogP contribution >= 0.6 is 0 Å². The van der Waals surface area contributed by atoms with Crippen LogP contribution in [0.4, 0.5) is 17.6 Å². The van der Waals surface area contributed by atoms with E-state index in [1.54, 1.807) is 6.07 Å². The fourth-order valence-electron chi connectivity index (χ4n) is 5.91. The molecule has 4 unspecified atom stereocenters. The Kier molecular flexibility index (Phi) is 8.90. The average molecular weight is 499 g/mol. The summed E-state index contributed by atoms with van der Waals surface area (Å²) in [5.41, 5.74) is 0.330. The van der Waals surface area contributed by atoms with Gasteiger partial charge in [-0.2, -0.15) is 0 Å². The van der Waals surface area contributed by atoms with Crippen LogP contribution in [0.1, 0.15) is 87.0 Å². The van der Waals surface area contributed by atoms with E-state index in [2.05, 4.69) is 11.8 Å². The molecule has 2 aromatic rings. The largest absolute Gasteiger partial charge is 0.378 e. The molecular formula is C31H34F4O. The van der Waals surface area contributed by atoms with E-state index in [1.165, 1.54) is 18.2 Å². The number of hydrogen-bond donors (Lipinski definition) is 0. The summed E-state index contributed by atoms with van der Waals surface area (Å²) in [6.07, 6.45) is 10.9. The number of benzene rings is 2. The van der Waals surface area contributed by atoms with Gasteiger partial charge in [0.2, 0.25) is 0 Å². The third kappa shape index (κ3) is 5.86. The minimum atomic E-state index is -1.06. The standard InChI is InChI=1S/C31H34F4O/c1-3-5-6-7-20-8-9-21(29(33)28(20)32)10-11-22-15-17-27(31(35)30(22)34)25-13-12-24-19-26(36-4-2)16-14-23(24)18-25/h3,5,8-9,15,17,23-26H,4,6-7,12-14,16,18-19H2,1-2H3/b5-3+. The maximum Gasteiger partial charge on any atom is 0.174 e. The molecule has 0 aromatic heterocycles. The van der Waals surface area contributed by atoms with E-state index in [4.69, 9.17) is 4.74 Å². The van der Waals surface area contributed by atoms with Crippen molar-refractivity contribution in [2.75, 3.05) is 6.61 Å². The van der Waals surface area contributed by atoms with Crippen molar-refractivity contribution < 1.29 is 22.3 Å². The highest BCUT2D eigenvalue weighted by atomic mass is 19.2. The van der Waals surface area contributed by atoms with E-state index < -0.39 is 23.3 Å². The summed E-state index contributed by atoms with van der Waals surface area (Å²) in [5, 5.41) is 0. The number of hydrogen-bond acceptors (Lipinski definition) is 1. The lowest BCUT2D eigenvalue weighted by Crippen LogP contribution is -2.34. The van der Waals surface area contributed by atoms with Gasteiger partial charge in [0, 0.05) is 6.61 Å². The van der Waals surface area contributed by atoms with Gasteiger partial charge in [-0.1, -0.05) is 36.1 Å². The predicted octanol–water partition coefficient (Wildman–Crippen LogP) is 8.24. The van der Waals surface area contributed by atoms with Gasteiger partial charge in [0.15, 0.2) is 23.3 Å². The first kappa shape index (κ1) is 26.5. The van der Waals surface area contributed by atoms with Crippen molar-refractivity contribution >= 4 is 0 Å². The number of allylic oxidation sites excluding steroid dienone is 2. The fourth-order valence-corrected chi connectivity index (χ4v) is 5.91. The molecular weight excluding hydrogens is 464 g/mol. The van der Waals surface area contributed by atoms with Crippen molar-refractivity contribution in [3.8, 4) is 11.8 Å². The summed E-state index contributed by atoms with van der Waals surface area (Å²) in [6.45, 7) is 4.62. The number of aryl methyl sites for hydroxylation is 1. The Morgan fingerprint density at radius 1 is 0.833 bits per heavy atom. The molecule has 4 rings (SSSR count). The summed E-state index contributed by atoms with van der Waals surface area (Å²) in [6, 6.07) is 5.95. The van der Waals surface area contributed by atoms with Crippen LogP contribution in [0.2, 0.25) is 0 Å². The monoisotopic (exact) mass is 498 g/mol. The second kappa shape index (κ2) is 12.1. The average Bonchev–Trinajstić information content (AvgIpc) is 2.88. The normalized spacial score (nSPS) is 23.8. The van der Waals surface area contributed by atoms with Crippen molar-refractivity contribution in [2.24, 2.45) is 11.8 Å². The van der Waals surface area contributed by atoms with Gasteiger partial charge in [-0.15, -0.1) is 0 Å². The lowest BCUT2D eigenvalue weighted by Gasteiger charge is -2.42. The Hall–Kier alpha value is -2.58. The molecule has 192 valence electrons. The second-order valence-electron chi connectivity index (χ2n) is 10.0. The highest BCUT2D eigenvalue weighted by molar-refractivity contribution is 5.46. The van der Waals surface area contributed by atoms with Gasteiger partial charge < -0.3 is 4.74 Å². The van der Waals surface area contributed by atoms with Crippen LogP contribution in [0.15, 0.2) is 36.4 Å². The van der Waals surface area contributed by atoms with Crippen LogP contribution in [0, 0.1) is 46.9 Å². The number of halogens is 4. The molecule has 5 heteroatoms. The molecule has 36 heavy (non-hydrogen) atoms. The number of ether oxygens (including phenoxy) is 1. The number of rotatable bonds is 6. The Morgan fingerprint density at radius 3 is 2.22 bits per heavy atom. The van der Waals surface area contributed by atoms with Crippen LogP contribution in [0.25, 0.3) is 0 Å². The molecule has 0 bridgehead atoms. The van der Waals surface area contributed by atoms with E-state index in [0.717, 1.165) is 45.1 Å². The topological polar surface area (TPSA) is 9.23 Å². The molecule has 0 saturated heterocycles. The van der Waals surface area contributed by atoms with Gasteiger partial charge in [-0.25, -0.2) is 17.6 Å². The molecule has 0 amide bonds. The number of fused-ring (bicyclic) bond motifs is 1. The zero-order valence-electron chi connectivity index (χ0n) is 21.1. The van der Waals surface area contributed by atoms with Gasteiger partial charge >= 0.3 is 0 Å². The molecule has 2 fully saturated rings. The van der Waals surface area contributed by atoms with Crippen LogP contribution < -0.4 is 0 Å². The van der Waals surface area contributed by atoms with Gasteiger partial charge in [-0.3, -0.25) is 0 Å². The Morgan fingerprint density at radius 2 is 1.50 bits per heavy atom. The first-order valence-corrected chi connectivity index (χ1v) is 13.1. The van der Waals surface area contributed by atoms with Crippen molar-refractivity contribution in [1.82, 2.24) is 0 Å². The lowest BCUT2D eigenvalue weighted by molar-refractivity contribution is -0.00970. The molecule has 0 spiro atoms. The molecule has 2 aliphatic carbocycles. The molecule has 0 heterocycles. The summed E-state index contributed by atoms with van der Waals surface area (Å²) in [7, 11) is 0. The van der Waals surface area contributed by atoms with E-state index in [0.29, 0.717) is 36.3 Å². The fraction of sp³-hybridized carbons (Fsp3) is 0.484. The first-order chi connectivity index (χ1) is 17.4. The van der Waals surface area contributed by atoms with Crippen molar-refractivity contribution in [2.45, 2.75) is 77.2 Å². The van der Waals surface area contributed by atoms with Crippen LogP contribution in [-0.2, 0) is 11.2 Å². The molecule has 0 N–H and O–H groups in total. The third-order valence-corrected chi connectivity index (χ3v) is 7.83. The Bertz CT molecular complexity index is 1160. The molecule has 0 aliphatic heterocycles. The summed E-state index contributed by atoms with van der Waals surface area (Å²) in [4.78, 5) is 0. The SMILES string of the molecule is C/C=C/CCc1ccc(C#Cc2ccc(C3CCC4CC(OCC)CCC4C3)c(F)c2F)c(F)c1F. The van der Waals surface area contributed by atoms with Crippen LogP contribution in [0.3, 0.4) is 0 Å². The van der Waals surface area contributed by atoms with Crippen LogP contribution in [-0.4, -0.2) is 12.7 Å². The van der Waals surface area contributed by atoms with Gasteiger partial charge in [0.05, 0.1) is 17.2 Å². The minimum Gasteiger partial charge on any atom is -0.378 e. The van der Waals surface area contributed by atoms with Gasteiger partial charge in [0.25, 0.3) is 0 Å². The molecule has 4 atom stereocenters. The van der Waals surface area contributed by atoms with E-state index in [9.17, 15) is 13.2 Å².